The molecule has 2 rings (SSSR count). The SMILES string of the molecule is COC[C@H](C)NCc1cnn(-c2ccccc2OC)c1. The van der Waals surface area contributed by atoms with Crippen LogP contribution in [0.15, 0.2) is 36.7 Å². The van der Waals surface area contributed by atoms with E-state index < -0.39 is 0 Å². The second-order valence-electron chi connectivity index (χ2n) is 4.70. The second kappa shape index (κ2) is 7.07. The van der Waals surface area contributed by atoms with Gasteiger partial charge in [-0.2, -0.15) is 5.10 Å². The van der Waals surface area contributed by atoms with Crippen molar-refractivity contribution in [3.05, 3.63) is 42.2 Å². The summed E-state index contributed by atoms with van der Waals surface area (Å²) in [7, 11) is 3.37. The Morgan fingerprint density at radius 3 is 2.85 bits per heavy atom. The molecular formula is C15H21N3O2. The molecule has 20 heavy (non-hydrogen) atoms. The van der Waals surface area contributed by atoms with E-state index in [1.807, 2.05) is 41.3 Å². The number of ether oxygens (including phenoxy) is 2. The third kappa shape index (κ3) is 3.59. The Bertz CT molecular complexity index is 539. The first-order chi connectivity index (χ1) is 9.74. The minimum atomic E-state index is 0.314. The maximum Gasteiger partial charge on any atom is 0.144 e. The number of rotatable bonds is 7. The summed E-state index contributed by atoms with van der Waals surface area (Å²) in [5.74, 6) is 0.808. The van der Waals surface area contributed by atoms with Crippen molar-refractivity contribution in [2.45, 2.75) is 19.5 Å². The van der Waals surface area contributed by atoms with Crippen LogP contribution in [0.5, 0.6) is 5.75 Å². The van der Waals surface area contributed by atoms with Crippen molar-refractivity contribution >= 4 is 0 Å². The highest BCUT2D eigenvalue weighted by atomic mass is 16.5. The molecule has 5 heteroatoms. The second-order valence-corrected chi connectivity index (χ2v) is 4.70. The van der Waals surface area contributed by atoms with Crippen LogP contribution >= 0.6 is 0 Å². The molecule has 0 bridgehead atoms. The predicted octanol–water partition coefficient (Wildman–Crippen LogP) is 2.01. The lowest BCUT2D eigenvalue weighted by Crippen LogP contribution is -2.29. The lowest BCUT2D eigenvalue weighted by molar-refractivity contribution is 0.171. The van der Waals surface area contributed by atoms with Gasteiger partial charge >= 0.3 is 0 Å². The molecule has 0 amide bonds. The van der Waals surface area contributed by atoms with Crippen LogP contribution in [-0.2, 0) is 11.3 Å². The number of nitrogens with zero attached hydrogens (tertiary/aromatic N) is 2. The van der Waals surface area contributed by atoms with E-state index in [2.05, 4.69) is 17.3 Å². The van der Waals surface area contributed by atoms with Crippen LogP contribution in [0.3, 0.4) is 0 Å². The molecule has 1 aromatic carbocycles. The van der Waals surface area contributed by atoms with Gasteiger partial charge in [0.15, 0.2) is 0 Å². The van der Waals surface area contributed by atoms with Crippen LogP contribution in [0.1, 0.15) is 12.5 Å². The molecule has 0 saturated carbocycles. The van der Waals surface area contributed by atoms with Gasteiger partial charge in [0.1, 0.15) is 11.4 Å². The van der Waals surface area contributed by atoms with Crippen molar-refractivity contribution in [3.8, 4) is 11.4 Å². The molecule has 0 spiro atoms. The van der Waals surface area contributed by atoms with Crippen LogP contribution in [-0.4, -0.2) is 36.6 Å². The molecule has 0 radical (unpaired) electrons. The minimum Gasteiger partial charge on any atom is -0.494 e. The molecular weight excluding hydrogens is 254 g/mol. The standard InChI is InChI=1S/C15H21N3O2/c1-12(11-19-2)16-8-13-9-17-18(10-13)14-6-4-5-7-15(14)20-3/h4-7,9-10,12,16H,8,11H2,1-3H3/t12-/m0/s1. The van der Waals surface area contributed by atoms with Gasteiger partial charge in [0, 0.05) is 31.5 Å². The van der Waals surface area contributed by atoms with Gasteiger partial charge in [-0.15, -0.1) is 0 Å². The highest BCUT2D eigenvalue weighted by molar-refractivity contribution is 5.46. The molecule has 0 aliphatic carbocycles. The summed E-state index contributed by atoms with van der Waals surface area (Å²) in [5, 5.41) is 7.77. The van der Waals surface area contributed by atoms with E-state index in [9.17, 15) is 0 Å². The van der Waals surface area contributed by atoms with Gasteiger partial charge in [-0.05, 0) is 19.1 Å². The van der Waals surface area contributed by atoms with Crippen LogP contribution in [0.2, 0.25) is 0 Å². The molecule has 0 aliphatic heterocycles. The van der Waals surface area contributed by atoms with Crippen LogP contribution in [0, 0.1) is 0 Å². The molecule has 5 nitrogen and oxygen atoms in total. The number of aromatic nitrogens is 2. The van der Waals surface area contributed by atoms with Gasteiger partial charge in [0.05, 0.1) is 19.9 Å². The van der Waals surface area contributed by atoms with Gasteiger partial charge in [0.25, 0.3) is 0 Å². The fraction of sp³-hybridized carbons (Fsp3) is 0.400. The smallest absolute Gasteiger partial charge is 0.144 e. The molecule has 0 fully saturated rings. The van der Waals surface area contributed by atoms with Crippen molar-refractivity contribution in [2.24, 2.45) is 0 Å². The molecule has 1 atom stereocenters. The van der Waals surface area contributed by atoms with Crippen molar-refractivity contribution in [3.63, 3.8) is 0 Å². The largest absolute Gasteiger partial charge is 0.494 e. The Labute approximate surface area is 119 Å². The van der Waals surface area contributed by atoms with Crippen LogP contribution in [0.4, 0.5) is 0 Å². The third-order valence-electron chi connectivity index (χ3n) is 3.04. The Hall–Kier alpha value is -1.85. The first-order valence-corrected chi connectivity index (χ1v) is 6.64. The quantitative estimate of drug-likeness (QED) is 0.839. The summed E-state index contributed by atoms with van der Waals surface area (Å²) in [5.41, 5.74) is 2.06. The van der Waals surface area contributed by atoms with Gasteiger partial charge in [-0.3, -0.25) is 0 Å². The lowest BCUT2D eigenvalue weighted by Gasteiger charge is -2.11. The van der Waals surface area contributed by atoms with Crippen molar-refractivity contribution in [1.82, 2.24) is 15.1 Å². The molecule has 1 heterocycles. The topological polar surface area (TPSA) is 48.3 Å². The third-order valence-corrected chi connectivity index (χ3v) is 3.04. The maximum atomic E-state index is 5.35. The summed E-state index contributed by atoms with van der Waals surface area (Å²) < 4.78 is 12.3. The van der Waals surface area contributed by atoms with Gasteiger partial charge < -0.3 is 14.8 Å². The van der Waals surface area contributed by atoms with Gasteiger partial charge in [-0.1, -0.05) is 12.1 Å². The van der Waals surface area contributed by atoms with Crippen molar-refractivity contribution in [2.75, 3.05) is 20.8 Å². The Kier molecular flexibility index (Phi) is 5.15. The van der Waals surface area contributed by atoms with E-state index in [1.165, 1.54) is 0 Å². The first-order valence-electron chi connectivity index (χ1n) is 6.64. The Morgan fingerprint density at radius 2 is 2.10 bits per heavy atom. The Balaban J connectivity index is 2.05. The predicted molar refractivity (Wildman–Crippen MR) is 78.3 cm³/mol. The zero-order valence-electron chi connectivity index (χ0n) is 12.2. The fourth-order valence-electron chi connectivity index (χ4n) is 2.00. The number of hydrogen-bond acceptors (Lipinski definition) is 4. The summed E-state index contributed by atoms with van der Waals surface area (Å²) in [6.07, 6.45) is 3.86. The highest BCUT2D eigenvalue weighted by Crippen LogP contribution is 2.21. The fourth-order valence-corrected chi connectivity index (χ4v) is 2.00. The van der Waals surface area contributed by atoms with E-state index in [4.69, 9.17) is 9.47 Å². The van der Waals surface area contributed by atoms with E-state index in [0.29, 0.717) is 12.6 Å². The molecule has 0 aliphatic rings. The monoisotopic (exact) mass is 275 g/mol. The van der Waals surface area contributed by atoms with E-state index in [0.717, 1.165) is 23.5 Å². The number of hydrogen-bond donors (Lipinski definition) is 1. The average molecular weight is 275 g/mol. The maximum absolute atomic E-state index is 5.35. The molecule has 1 N–H and O–H groups in total. The number of benzene rings is 1. The van der Waals surface area contributed by atoms with Crippen molar-refractivity contribution < 1.29 is 9.47 Å². The van der Waals surface area contributed by atoms with Crippen molar-refractivity contribution in [1.29, 1.82) is 0 Å². The minimum absolute atomic E-state index is 0.314. The van der Waals surface area contributed by atoms with Gasteiger partial charge in [-0.25, -0.2) is 4.68 Å². The first kappa shape index (κ1) is 14.6. The Morgan fingerprint density at radius 1 is 1.30 bits per heavy atom. The average Bonchev–Trinajstić information content (AvgIpc) is 2.94. The molecule has 1 aromatic heterocycles. The molecule has 0 unspecified atom stereocenters. The number of nitrogens with one attached hydrogen (secondary N) is 1. The van der Waals surface area contributed by atoms with E-state index >= 15 is 0 Å². The zero-order chi connectivity index (χ0) is 14.4. The van der Waals surface area contributed by atoms with E-state index in [-0.39, 0.29) is 0 Å². The van der Waals surface area contributed by atoms with Crippen LogP contribution in [0.25, 0.3) is 5.69 Å². The lowest BCUT2D eigenvalue weighted by atomic mass is 10.3. The van der Waals surface area contributed by atoms with E-state index in [1.54, 1.807) is 14.2 Å². The summed E-state index contributed by atoms with van der Waals surface area (Å²) in [6.45, 7) is 3.55. The zero-order valence-corrected chi connectivity index (χ0v) is 12.2. The summed E-state index contributed by atoms with van der Waals surface area (Å²) in [6, 6.07) is 8.14. The number of para-hydroxylation sites is 2. The summed E-state index contributed by atoms with van der Waals surface area (Å²) in [4.78, 5) is 0. The highest BCUT2D eigenvalue weighted by Gasteiger charge is 2.07. The molecule has 0 saturated heterocycles. The molecule has 108 valence electrons. The van der Waals surface area contributed by atoms with Crippen LogP contribution < -0.4 is 10.1 Å². The summed E-state index contributed by atoms with van der Waals surface area (Å²) >= 11 is 0. The number of methoxy groups -OCH3 is 2. The molecule has 2 aromatic rings. The van der Waals surface area contributed by atoms with Gasteiger partial charge in [0.2, 0.25) is 0 Å². The normalized spacial score (nSPS) is 12.3.